The fourth-order valence-electron chi connectivity index (χ4n) is 3.56. The van der Waals surface area contributed by atoms with E-state index in [0.29, 0.717) is 6.41 Å². The van der Waals surface area contributed by atoms with Crippen molar-refractivity contribution in [3.63, 3.8) is 0 Å². The van der Waals surface area contributed by atoms with Crippen molar-refractivity contribution in [2.24, 2.45) is 5.73 Å². The SMILES string of the molecule is C#Cc1cccc(Nc2ncnn3ccc(CN4CCCCC4)c23)c1.C=CCOC(N)=O.CNC=O. The van der Waals surface area contributed by atoms with Gasteiger partial charge in [0.05, 0.1) is 0 Å². The minimum absolute atomic E-state index is 0.190. The van der Waals surface area contributed by atoms with Crippen molar-refractivity contribution in [1.29, 1.82) is 0 Å². The summed E-state index contributed by atoms with van der Waals surface area (Å²) in [6.45, 7) is 6.75. The Morgan fingerprint density at radius 3 is 2.67 bits per heavy atom. The van der Waals surface area contributed by atoms with E-state index in [1.807, 2.05) is 35.0 Å². The van der Waals surface area contributed by atoms with E-state index in [2.05, 4.69) is 54.7 Å². The van der Waals surface area contributed by atoms with Gasteiger partial charge in [0.2, 0.25) is 6.41 Å². The Balaban J connectivity index is 0.000000351. The van der Waals surface area contributed by atoms with Crippen LogP contribution < -0.4 is 16.4 Å². The number of nitrogens with two attached hydrogens (primary N) is 1. The molecule has 2 aromatic heterocycles. The molecule has 1 saturated heterocycles. The molecule has 0 bridgehead atoms. The van der Waals surface area contributed by atoms with Crippen LogP contribution in [0.1, 0.15) is 30.4 Å². The van der Waals surface area contributed by atoms with Gasteiger partial charge in [-0.2, -0.15) is 5.10 Å². The summed E-state index contributed by atoms with van der Waals surface area (Å²) >= 11 is 0. The molecule has 1 fully saturated rings. The first-order chi connectivity index (χ1) is 17.5. The molecule has 1 aliphatic rings. The van der Waals surface area contributed by atoms with Gasteiger partial charge >= 0.3 is 6.09 Å². The standard InChI is InChI=1S/C20H21N5.C4H7NO2.C2H5NO/c1-2-16-7-6-8-18(13-16)23-20-19-17(9-12-25(19)22-15-21-20)14-24-10-4-3-5-11-24;1-2-3-7-4(5)6;1-3-2-4/h1,6-9,12-13,15H,3-5,10-11,14H2,(H,21,22,23);2H,1,3H2,(H2,5,6);2H,1H3,(H,3,4). The highest BCUT2D eigenvalue weighted by Crippen LogP contribution is 2.25. The van der Waals surface area contributed by atoms with Crippen LogP contribution in [0, 0.1) is 12.3 Å². The molecular weight excluding hydrogens is 458 g/mol. The third kappa shape index (κ3) is 9.12. The molecule has 190 valence electrons. The van der Waals surface area contributed by atoms with Gasteiger partial charge in [-0.3, -0.25) is 9.69 Å². The van der Waals surface area contributed by atoms with E-state index in [9.17, 15) is 4.79 Å². The van der Waals surface area contributed by atoms with Crippen molar-refractivity contribution < 1.29 is 14.3 Å². The van der Waals surface area contributed by atoms with Crippen LogP contribution in [0.3, 0.4) is 0 Å². The summed E-state index contributed by atoms with van der Waals surface area (Å²) < 4.78 is 6.10. The molecule has 0 atom stereocenters. The summed E-state index contributed by atoms with van der Waals surface area (Å²) in [5.41, 5.74) is 8.62. The van der Waals surface area contributed by atoms with Crippen LogP contribution in [0.2, 0.25) is 0 Å². The molecule has 2 amide bonds. The number of carbonyl (C=O) groups excluding carboxylic acids is 2. The van der Waals surface area contributed by atoms with Crippen LogP contribution in [-0.2, 0) is 16.1 Å². The van der Waals surface area contributed by atoms with Gasteiger partial charge in [0.25, 0.3) is 0 Å². The third-order valence-corrected chi connectivity index (χ3v) is 5.13. The number of fused-ring (bicyclic) bond motifs is 1. The maximum Gasteiger partial charge on any atom is 0.404 e. The van der Waals surface area contributed by atoms with Crippen molar-refractivity contribution in [3.8, 4) is 12.3 Å². The predicted octanol–water partition coefficient (Wildman–Crippen LogP) is 3.07. The van der Waals surface area contributed by atoms with E-state index >= 15 is 0 Å². The average molecular weight is 492 g/mol. The molecular formula is C26H33N7O3. The van der Waals surface area contributed by atoms with Gasteiger partial charge < -0.3 is 21.1 Å². The highest BCUT2D eigenvalue weighted by atomic mass is 16.5. The van der Waals surface area contributed by atoms with E-state index in [1.165, 1.54) is 30.9 Å². The second kappa shape index (κ2) is 15.5. The molecule has 3 heterocycles. The fourth-order valence-corrected chi connectivity index (χ4v) is 3.56. The number of hydrogen-bond donors (Lipinski definition) is 3. The number of nitrogens with one attached hydrogen (secondary N) is 2. The Kier molecular flexibility index (Phi) is 12.0. The summed E-state index contributed by atoms with van der Waals surface area (Å²) in [6.07, 6.45) is 14.3. The van der Waals surface area contributed by atoms with Gasteiger partial charge in [-0.15, -0.1) is 6.42 Å². The summed E-state index contributed by atoms with van der Waals surface area (Å²) in [7, 11) is 1.56. The van der Waals surface area contributed by atoms with Crippen LogP contribution in [-0.4, -0.2) is 58.7 Å². The molecule has 0 aliphatic carbocycles. The molecule has 0 radical (unpaired) electrons. The Morgan fingerprint density at radius 1 is 1.31 bits per heavy atom. The molecule has 10 nitrogen and oxygen atoms in total. The number of ether oxygens (including phenoxy) is 1. The lowest BCUT2D eigenvalue weighted by Gasteiger charge is -2.26. The Bertz CT molecular complexity index is 1160. The van der Waals surface area contributed by atoms with Gasteiger partial charge in [0, 0.05) is 31.0 Å². The number of nitrogens with zero attached hydrogens (tertiary/aromatic N) is 4. The number of terminal acetylenes is 1. The number of primary amides is 1. The number of aromatic nitrogens is 3. The first kappa shape index (κ1) is 27.9. The minimum atomic E-state index is -0.764. The number of carbonyl (C=O) groups is 2. The van der Waals surface area contributed by atoms with E-state index in [4.69, 9.17) is 11.2 Å². The summed E-state index contributed by atoms with van der Waals surface area (Å²) in [5.74, 6) is 3.47. The molecule has 4 N–H and O–H groups in total. The fraction of sp³-hybridized carbons (Fsp3) is 0.308. The van der Waals surface area contributed by atoms with Crippen molar-refractivity contribution in [2.75, 3.05) is 32.1 Å². The molecule has 0 spiro atoms. The van der Waals surface area contributed by atoms with Crippen LogP contribution >= 0.6 is 0 Å². The number of anilines is 2. The Morgan fingerprint density at radius 2 is 2.06 bits per heavy atom. The van der Waals surface area contributed by atoms with Gasteiger partial charge in [-0.1, -0.05) is 31.1 Å². The van der Waals surface area contributed by atoms with Crippen molar-refractivity contribution >= 4 is 29.5 Å². The summed E-state index contributed by atoms with van der Waals surface area (Å²) in [5, 5.41) is 10.00. The molecule has 1 aliphatic heterocycles. The van der Waals surface area contributed by atoms with Crippen LogP contribution in [0.25, 0.3) is 5.52 Å². The van der Waals surface area contributed by atoms with E-state index in [0.717, 1.165) is 42.2 Å². The maximum atomic E-state index is 9.71. The van der Waals surface area contributed by atoms with E-state index in [1.54, 1.807) is 13.4 Å². The lowest BCUT2D eigenvalue weighted by Crippen LogP contribution is -2.29. The first-order valence-electron chi connectivity index (χ1n) is 11.5. The van der Waals surface area contributed by atoms with Gasteiger partial charge in [0.1, 0.15) is 18.5 Å². The number of amides is 2. The zero-order chi connectivity index (χ0) is 26.2. The number of piperidine rings is 1. The molecule has 36 heavy (non-hydrogen) atoms. The zero-order valence-corrected chi connectivity index (χ0v) is 20.5. The van der Waals surface area contributed by atoms with E-state index < -0.39 is 6.09 Å². The molecule has 3 aromatic rings. The zero-order valence-electron chi connectivity index (χ0n) is 20.5. The number of likely N-dealkylation sites (tertiary alicyclic amines) is 1. The predicted molar refractivity (Wildman–Crippen MR) is 141 cm³/mol. The van der Waals surface area contributed by atoms with Gasteiger partial charge in [0.15, 0.2) is 5.82 Å². The van der Waals surface area contributed by atoms with Crippen molar-refractivity contribution in [2.45, 2.75) is 25.8 Å². The molecule has 0 unspecified atom stereocenters. The largest absolute Gasteiger partial charge is 0.445 e. The molecule has 0 saturated carbocycles. The Labute approximate surface area is 211 Å². The molecule has 10 heteroatoms. The molecule has 4 rings (SSSR count). The topological polar surface area (TPSA) is 127 Å². The van der Waals surface area contributed by atoms with Crippen LogP contribution in [0.15, 0.2) is 55.5 Å². The lowest BCUT2D eigenvalue weighted by atomic mass is 10.1. The normalized spacial score (nSPS) is 12.6. The second-order valence-electron chi connectivity index (χ2n) is 7.75. The number of rotatable bonds is 7. The monoisotopic (exact) mass is 491 g/mol. The first-order valence-corrected chi connectivity index (χ1v) is 11.5. The molecule has 1 aromatic carbocycles. The highest BCUT2D eigenvalue weighted by Gasteiger charge is 2.15. The lowest BCUT2D eigenvalue weighted by molar-refractivity contribution is -0.109. The number of hydrogen-bond acceptors (Lipinski definition) is 7. The Hall–Kier alpha value is -4.36. The second-order valence-corrected chi connectivity index (χ2v) is 7.75. The third-order valence-electron chi connectivity index (χ3n) is 5.13. The maximum absolute atomic E-state index is 9.71. The quantitative estimate of drug-likeness (QED) is 0.263. The average Bonchev–Trinajstić information content (AvgIpc) is 3.32. The summed E-state index contributed by atoms with van der Waals surface area (Å²) in [6, 6.07) is 9.95. The van der Waals surface area contributed by atoms with Gasteiger partial charge in [-0.05, 0) is 55.8 Å². The highest BCUT2D eigenvalue weighted by molar-refractivity contribution is 5.76. The minimum Gasteiger partial charge on any atom is -0.445 e. The van der Waals surface area contributed by atoms with Crippen LogP contribution in [0.4, 0.5) is 16.3 Å². The van der Waals surface area contributed by atoms with Crippen molar-refractivity contribution in [3.05, 3.63) is 66.6 Å². The van der Waals surface area contributed by atoms with Crippen LogP contribution in [0.5, 0.6) is 0 Å². The summed E-state index contributed by atoms with van der Waals surface area (Å²) in [4.78, 5) is 25.8. The number of benzene rings is 1. The van der Waals surface area contributed by atoms with Gasteiger partial charge in [-0.25, -0.2) is 14.3 Å². The smallest absolute Gasteiger partial charge is 0.404 e. The van der Waals surface area contributed by atoms with E-state index in [-0.39, 0.29) is 6.61 Å². The van der Waals surface area contributed by atoms with Crippen molar-refractivity contribution in [1.82, 2.24) is 24.8 Å².